The molecule has 0 aliphatic heterocycles. The summed E-state index contributed by atoms with van der Waals surface area (Å²) >= 11 is 0. The Morgan fingerprint density at radius 1 is 1.08 bits per heavy atom. The lowest BCUT2D eigenvalue weighted by atomic mass is 10.1. The highest BCUT2D eigenvalue weighted by Crippen LogP contribution is 2.16. The Morgan fingerprint density at radius 2 is 1.88 bits per heavy atom. The fraction of sp³-hybridized carbons (Fsp3) is 0.200. The first kappa shape index (κ1) is 15.8. The monoisotopic (exact) mass is 316 g/mol. The molecule has 24 heavy (non-hydrogen) atoms. The molecule has 0 saturated heterocycles. The van der Waals surface area contributed by atoms with Gasteiger partial charge < -0.3 is 9.47 Å². The van der Waals surface area contributed by atoms with E-state index in [-0.39, 0.29) is 0 Å². The van der Waals surface area contributed by atoms with E-state index >= 15 is 0 Å². The zero-order chi connectivity index (χ0) is 16.9. The normalized spacial score (nSPS) is 10.4. The molecule has 0 amide bonds. The summed E-state index contributed by atoms with van der Waals surface area (Å²) in [5.41, 5.74) is 4.22. The molecule has 0 unspecified atom stereocenters. The molecule has 1 heterocycles. The SMILES string of the molecule is CN(C)c1ccc(Cc2nccn2Cc2cccc(C#N)c2)cc1. The van der Waals surface area contributed by atoms with Crippen LogP contribution in [0, 0.1) is 11.3 Å². The van der Waals surface area contributed by atoms with Crippen molar-refractivity contribution < 1.29 is 0 Å². The van der Waals surface area contributed by atoms with Crippen molar-refractivity contribution in [3.05, 3.63) is 83.4 Å². The second-order valence-corrected chi connectivity index (χ2v) is 6.02. The zero-order valence-electron chi connectivity index (χ0n) is 14.0. The molecule has 0 aliphatic carbocycles. The smallest absolute Gasteiger partial charge is 0.113 e. The molecule has 2 aromatic carbocycles. The zero-order valence-corrected chi connectivity index (χ0v) is 14.0. The van der Waals surface area contributed by atoms with Crippen LogP contribution >= 0.6 is 0 Å². The molecule has 4 heteroatoms. The minimum atomic E-state index is 0.688. The number of anilines is 1. The van der Waals surface area contributed by atoms with Gasteiger partial charge in [0.2, 0.25) is 0 Å². The summed E-state index contributed by atoms with van der Waals surface area (Å²) in [6, 6.07) is 18.4. The van der Waals surface area contributed by atoms with Gasteiger partial charge in [-0.25, -0.2) is 4.98 Å². The third-order valence-electron chi connectivity index (χ3n) is 4.03. The van der Waals surface area contributed by atoms with Crippen LogP contribution in [0.4, 0.5) is 5.69 Å². The second-order valence-electron chi connectivity index (χ2n) is 6.02. The number of benzene rings is 2. The lowest BCUT2D eigenvalue weighted by Crippen LogP contribution is -2.08. The first-order valence-corrected chi connectivity index (χ1v) is 7.91. The van der Waals surface area contributed by atoms with Crippen LogP contribution in [0.2, 0.25) is 0 Å². The van der Waals surface area contributed by atoms with Crippen LogP contribution in [-0.2, 0) is 13.0 Å². The number of rotatable bonds is 5. The molecule has 0 atom stereocenters. The average molecular weight is 316 g/mol. The maximum absolute atomic E-state index is 9.03. The van der Waals surface area contributed by atoms with Crippen molar-refractivity contribution in [1.29, 1.82) is 5.26 Å². The molecule has 0 bridgehead atoms. The van der Waals surface area contributed by atoms with Gasteiger partial charge in [0.25, 0.3) is 0 Å². The van der Waals surface area contributed by atoms with E-state index in [2.05, 4.69) is 44.8 Å². The van der Waals surface area contributed by atoms with Gasteiger partial charge in [0.15, 0.2) is 0 Å². The highest BCUT2D eigenvalue weighted by Gasteiger charge is 2.06. The average Bonchev–Trinajstić information content (AvgIpc) is 3.02. The van der Waals surface area contributed by atoms with Gasteiger partial charge in [-0.05, 0) is 35.4 Å². The molecule has 0 N–H and O–H groups in total. The Morgan fingerprint density at radius 3 is 2.58 bits per heavy atom. The maximum Gasteiger partial charge on any atom is 0.113 e. The summed E-state index contributed by atoms with van der Waals surface area (Å²) in [6.07, 6.45) is 4.61. The van der Waals surface area contributed by atoms with E-state index < -0.39 is 0 Å². The van der Waals surface area contributed by atoms with E-state index in [0.29, 0.717) is 5.56 Å². The van der Waals surface area contributed by atoms with Gasteiger partial charge in [-0.3, -0.25) is 0 Å². The third-order valence-corrected chi connectivity index (χ3v) is 4.03. The molecule has 1 aromatic heterocycles. The fourth-order valence-corrected chi connectivity index (χ4v) is 2.68. The lowest BCUT2D eigenvalue weighted by molar-refractivity contribution is 0.740. The number of aromatic nitrogens is 2. The van der Waals surface area contributed by atoms with Gasteiger partial charge >= 0.3 is 0 Å². The standard InChI is InChI=1S/C20H20N4/c1-23(2)19-8-6-16(7-9-19)13-20-22-10-11-24(20)15-18-5-3-4-17(12-18)14-21/h3-12H,13,15H2,1-2H3. The Kier molecular flexibility index (Phi) is 4.62. The Balaban J connectivity index is 1.76. The van der Waals surface area contributed by atoms with E-state index in [0.717, 1.165) is 24.4 Å². The number of hydrogen-bond acceptors (Lipinski definition) is 3. The van der Waals surface area contributed by atoms with E-state index in [1.54, 1.807) is 0 Å². The molecule has 0 saturated carbocycles. The minimum absolute atomic E-state index is 0.688. The predicted molar refractivity (Wildman–Crippen MR) is 96.1 cm³/mol. The summed E-state index contributed by atoms with van der Waals surface area (Å²) in [7, 11) is 4.08. The van der Waals surface area contributed by atoms with Crippen LogP contribution in [0.1, 0.15) is 22.5 Å². The van der Waals surface area contributed by atoms with E-state index in [1.165, 1.54) is 11.3 Å². The minimum Gasteiger partial charge on any atom is -0.378 e. The van der Waals surface area contributed by atoms with Crippen LogP contribution in [0.5, 0.6) is 0 Å². The highest BCUT2D eigenvalue weighted by molar-refractivity contribution is 5.46. The maximum atomic E-state index is 9.03. The highest BCUT2D eigenvalue weighted by atomic mass is 15.1. The van der Waals surface area contributed by atoms with E-state index in [1.807, 2.05) is 50.8 Å². The number of hydrogen-bond donors (Lipinski definition) is 0. The van der Waals surface area contributed by atoms with E-state index in [4.69, 9.17) is 5.26 Å². The van der Waals surface area contributed by atoms with Gasteiger partial charge in [0, 0.05) is 45.1 Å². The van der Waals surface area contributed by atoms with Crippen LogP contribution in [0.25, 0.3) is 0 Å². The van der Waals surface area contributed by atoms with Crippen molar-refractivity contribution >= 4 is 5.69 Å². The second kappa shape index (κ2) is 7.01. The summed E-state index contributed by atoms with van der Waals surface area (Å²) < 4.78 is 2.14. The van der Waals surface area contributed by atoms with Crippen molar-refractivity contribution in [2.45, 2.75) is 13.0 Å². The van der Waals surface area contributed by atoms with Crippen LogP contribution in [-0.4, -0.2) is 23.6 Å². The number of imidazole rings is 1. The van der Waals surface area contributed by atoms with Gasteiger partial charge in [-0.15, -0.1) is 0 Å². The molecule has 0 aliphatic rings. The third kappa shape index (κ3) is 3.64. The van der Waals surface area contributed by atoms with Gasteiger partial charge in [-0.2, -0.15) is 5.26 Å². The molecule has 3 rings (SSSR count). The largest absolute Gasteiger partial charge is 0.378 e. The molecule has 0 fully saturated rings. The Hall–Kier alpha value is -3.06. The fourth-order valence-electron chi connectivity index (χ4n) is 2.68. The Labute approximate surface area is 142 Å². The topological polar surface area (TPSA) is 44.9 Å². The van der Waals surface area contributed by atoms with Crippen LogP contribution in [0.3, 0.4) is 0 Å². The first-order chi connectivity index (χ1) is 11.7. The Bertz CT molecular complexity index is 854. The predicted octanol–water partition coefficient (Wildman–Crippen LogP) is 3.46. The van der Waals surface area contributed by atoms with Gasteiger partial charge in [-0.1, -0.05) is 24.3 Å². The number of nitrogens with zero attached hydrogens (tertiary/aromatic N) is 4. The summed E-state index contributed by atoms with van der Waals surface area (Å²) in [6.45, 7) is 0.723. The van der Waals surface area contributed by atoms with Crippen molar-refractivity contribution in [1.82, 2.24) is 9.55 Å². The van der Waals surface area contributed by atoms with Crippen LogP contribution < -0.4 is 4.90 Å². The molecule has 3 aromatic rings. The quantitative estimate of drug-likeness (QED) is 0.724. The van der Waals surface area contributed by atoms with Gasteiger partial charge in [0.1, 0.15) is 5.82 Å². The molecule has 120 valence electrons. The summed E-state index contributed by atoms with van der Waals surface area (Å²) in [5.74, 6) is 1.02. The molecular formula is C20H20N4. The van der Waals surface area contributed by atoms with Crippen molar-refractivity contribution in [3.63, 3.8) is 0 Å². The lowest BCUT2D eigenvalue weighted by Gasteiger charge is -2.13. The summed E-state index contributed by atoms with van der Waals surface area (Å²) in [4.78, 5) is 6.59. The van der Waals surface area contributed by atoms with Crippen molar-refractivity contribution in [2.75, 3.05) is 19.0 Å². The molecule has 4 nitrogen and oxygen atoms in total. The van der Waals surface area contributed by atoms with E-state index in [9.17, 15) is 0 Å². The first-order valence-electron chi connectivity index (χ1n) is 7.91. The van der Waals surface area contributed by atoms with Gasteiger partial charge in [0.05, 0.1) is 11.6 Å². The molecule has 0 spiro atoms. The summed E-state index contributed by atoms with van der Waals surface area (Å²) in [5, 5.41) is 9.03. The van der Waals surface area contributed by atoms with Crippen molar-refractivity contribution in [2.24, 2.45) is 0 Å². The molecular weight excluding hydrogens is 296 g/mol. The molecule has 0 radical (unpaired) electrons. The number of nitriles is 1. The van der Waals surface area contributed by atoms with Crippen molar-refractivity contribution in [3.8, 4) is 6.07 Å². The van der Waals surface area contributed by atoms with Crippen LogP contribution in [0.15, 0.2) is 60.9 Å².